The van der Waals surface area contributed by atoms with Crippen molar-refractivity contribution in [1.82, 2.24) is 9.55 Å². The molecule has 4 rings (SSSR count). The summed E-state index contributed by atoms with van der Waals surface area (Å²) in [6, 6.07) is 10.4. The van der Waals surface area contributed by atoms with Gasteiger partial charge in [0.25, 0.3) is 5.91 Å². The van der Waals surface area contributed by atoms with Crippen LogP contribution in [-0.4, -0.2) is 61.4 Å². The zero-order valence-corrected chi connectivity index (χ0v) is 23.1. The van der Waals surface area contributed by atoms with E-state index >= 15 is 0 Å². The minimum atomic E-state index is -2.18. The van der Waals surface area contributed by atoms with E-state index in [0.717, 1.165) is 0 Å². The van der Waals surface area contributed by atoms with Crippen LogP contribution in [0.25, 0.3) is 0 Å². The molecule has 1 amide bonds. The van der Waals surface area contributed by atoms with Crippen molar-refractivity contribution in [2.45, 2.75) is 82.4 Å². The highest BCUT2D eigenvalue weighted by atomic mass is 28.4. The number of fused-ring (bicyclic) bond motifs is 2. The smallest absolute Gasteiger partial charge is 0.351 e. The Balaban J connectivity index is 1.62. The molecule has 2 aliphatic rings. The Morgan fingerprint density at radius 3 is 2.50 bits per heavy atom. The molecule has 2 aliphatic heterocycles. The fourth-order valence-corrected chi connectivity index (χ4v) is 5.99. The van der Waals surface area contributed by atoms with Crippen LogP contribution in [0.1, 0.15) is 50.7 Å². The third-order valence-electron chi connectivity index (χ3n) is 7.75. The Labute approximate surface area is 213 Å². The summed E-state index contributed by atoms with van der Waals surface area (Å²) in [5.74, 6) is -0.166. The summed E-state index contributed by atoms with van der Waals surface area (Å²) in [4.78, 5) is 29.7. The van der Waals surface area contributed by atoms with Crippen molar-refractivity contribution < 1.29 is 23.4 Å². The predicted octanol–water partition coefficient (Wildman–Crippen LogP) is 3.98. The quantitative estimate of drug-likeness (QED) is 0.531. The molecule has 9 nitrogen and oxygen atoms in total. The second-order valence-corrected chi connectivity index (χ2v) is 15.7. The van der Waals surface area contributed by atoms with Crippen molar-refractivity contribution >= 4 is 20.0 Å². The van der Waals surface area contributed by atoms with Gasteiger partial charge in [0.05, 0.1) is 6.61 Å². The maximum atomic E-state index is 13.1. The van der Waals surface area contributed by atoms with E-state index < -0.39 is 31.9 Å². The van der Waals surface area contributed by atoms with Gasteiger partial charge in [-0.25, -0.2) is 4.79 Å². The van der Waals surface area contributed by atoms with Crippen LogP contribution in [0.15, 0.2) is 47.4 Å². The van der Waals surface area contributed by atoms with Gasteiger partial charge in [-0.1, -0.05) is 45.9 Å². The Morgan fingerprint density at radius 1 is 1.22 bits per heavy atom. The molecule has 2 fully saturated rings. The first-order chi connectivity index (χ1) is 16.9. The molecule has 10 heteroatoms. The van der Waals surface area contributed by atoms with Gasteiger partial charge in [-0.05, 0) is 42.8 Å². The summed E-state index contributed by atoms with van der Waals surface area (Å²) < 4.78 is 26.8. The zero-order valence-electron chi connectivity index (χ0n) is 22.1. The summed E-state index contributed by atoms with van der Waals surface area (Å²) in [7, 11) is -0.549. The van der Waals surface area contributed by atoms with Gasteiger partial charge in [-0.2, -0.15) is 4.98 Å². The number of hydrogen-bond donors (Lipinski definition) is 1. The number of ether oxygens (including phenoxy) is 3. The lowest BCUT2D eigenvalue weighted by Gasteiger charge is -2.42. The summed E-state index contributed by atoms with van der Waals surface area (Å²) >= 11 is 0. The molecule has 2 aromatic rings. The molecule has 0 radical (unpaired) electrons. The van der Waals surface area contributed by atoms with Crippen LogP contribution in [0.5, 0.6) is 0 Å². The van der Waals surface area contributed by atoms with Crippen LogP contribution in [0.4, 0.5) is 5.82 Å². The van der Waals surface area contributed by atoms with Crippen LogP contribution in [0.3, 0.4) is 0 Å². The fourth-order valence-electron chi connectivity index (χ4n) is 4.66. The lowest BCUT2D eigenvalue weighted by Crippen LogP contribution is -2.54. The van der Waals surface area contributed by atoms with E-state index in [1.807, 2.05) is 13.0 Å². The number of rotatable bonds is 8. The van der Waals surface area contributed by atoms with Gasteiger partial charge < -0.3 is 24.0 Å². The second-order valence-electron chi connectivity index (χ2n) is 11.0. The van der Waals surface area contributed by atoms with Crippen LogP contribution in [-0.2, 0) is 18.6 Å². The molecule has 2 saturated heterocycles. The second kappa shape index (κ2) is 9.83. The maximum absolute atomic E-state index is 13.1. The highest BCUT2D eigenvalue weighted by molar-refractivity contribution is 6.74. The first-order valence-corrected chi connectivity index (χ1v) is 15.3. The summed E-state index contributed by atoms with van der Waals surface area (Å²) in [6.45, 7) is 13.4. The van der Waals surface area contributed by atoms with E-state index in [2.05, 4.69) is 44.2 Å². The Morgan fingerprint density at radius 2 is 1.92 bits per heavy atom. The average Bonchev–Trinajstić information content (AvgIpc) is 3.27. The van der Waals surface area contributed by atoms with Gasteiger partial charge in [0, 0.05) is 18.9 Å². The molecule has 0 unspecified atom stereocenters. The topological polar surface area (TPSA) is 101 Å². The van der Waals surface area contributed by atoms with Gasteiger partial charge in [0.1, 0.15) is 29.7 Å². The van der Waals surface area contributed by atoms with Crippen molar-refractivity contribution in [2.75, 3.05) is 19.0 Å². The van der Waals surface area contributed by atoms with Crippen LogP contribution in [0.2, 0.25) is 18.1 Å². The van der Waals surface area contributed by atoms with Crippen LogP contribution < -0.4 is 11.0 Å². The number of nitrogens with one attached hydrogen (secondary N) is 1. The van der Waals surface area contributed by atoms with E-state index in [4.69, 9.17) is 18.6 Å². The molecule has 36 heavy (non-hydrogen) atoms. The normalized spacial score (nSPS) is 27.9. The van der Waals surface area contributed by atoms with Crippen molar-refractivity contribution in [3.05, 3.63) is 58.6 Å². The standard InChI is InChI=1S/C26H37N3O6Si/c1-8-26-18(16-32-5)33-20(21(26)35-36(6,7)25(2,3)4)23(34-26)29-15-14-19(28-24(29)31)27-22(30)17-12-10-9-11-13-17/h9-15,18,20-21,23H,8,16H2,1-7H3,(H,27,28,30,31)/t18-,20+,21-,23+,26-/m0/s1. The van der Waals surface area contributed by atoms with Crippen molar-refractivity contribution in [2.24, 2.45) is 0 Å². The SMILES string of the molecule is CC[C@]12O[C@@H](n3ccc(NC(=O)c4ccccc4)nc3=O)[C@H](O[C@H]1COC)[C@@H]2O[Si](C)(C)C(C)(C)C. The molecule has 2 bridgehead atoms. The molecule has 1 N–H and O–H groups in total. The molecule has 0 saturated carbocycles. The summed E-state index contributed by atoms with van der Waals surface area (Å²) in [6.07, 6.45) is 0.369. The number of aromatic nitrogens is 2. The molecule has 0 spiro atoms. The fraction of sp³-hybridized carbons (Fsp3) is 0.577. The number of carbonyl (C=O) groups is 1. The number of benzene rings is 1. The summed E-state index contributed by atoms with van der Waals surface area (Å²) in [5.41, 5.74) is -0.809. The van der Waals surface area contributed by atoms with E-state index in [-0.39, 0.29) is 29.0 Å². The molecular weight excluding hydrogens is 478 g/mol. The largest absolute Gasteiger partial charge is 0.408 e. The van der Waals surface area contributed by atoms with Crippen LogP contribution >= 0.6 is 0 Å². The zero-order chi connectivity index (χ0) is 26.3. The van der Waals surface area contributed by atoms with Crippen molar-refractivity contribution in [3.8, 4) is 0 Å². The monoisotopic (exact) mass is 515 g/mol. The van der Waals surface area contributed by atoms with E-state index in [0.29, 0.717) is 18.6 Å². The highest BCUT2D eigenvalue weighted by Gasteiger charge is 2.68. The number of carbonyl (C=O) groups excluding carboxylic acids is 1. The lowest BCUT2D eigenvalue weighted by molar-refractivity contribution is -0.223. The third-order valence-corrected chi connectivity index (χ3v) is 12.2. The highest BCUT2D eigenvalue weighted by Crippen LogP contribution is 2.53. The van der Waals surface area contributed by atoms with Crippen molar-refractivity contribution in [3.63, 3.8) is 0 Å². The first kappa shape index (κ1) is 26.7. The van der Waals surface area contributed by atoms with Gasteiger partial charge in [0.15, 0.2) is 14.5 Å². The van der Waals surface area contributed by atoms with Gasteiger partial charge in [0.2, 0.25) is 0 Å². The van der Waals surface area contributed by atoms with Gasteiger partial charge in [-0.3, -0.25) is 9.36 Å². The van der Waals surface area contributed by atoms with E-state index in [1.54, 1.807) is 43.6 Å². The Bertz CT molecular complexity index is 1150. The van der Waals surface area contributed by atoms with Crippen molar-refractivity contribution in [1.29, 1.82) is 0 Å². The average molecular weight is 516 g/mol. The minimum Gasteiger partial charge on any atom is -0.408 e. The number of nitrogens with zero attached hydrogens (tertiary/aromatic N) is 2. The van der Waals surface area contributed by atoms with Crippen LogP contribution in [0, 0.1) is 0 Å². The molecule has 3 heterocycles. The molecule has 1 aromatic carbocycles. The lowest BCUT2D eigenvalue weighted by atomic mass is 9.90. The maximum Gasteiger partial charge on any atom is 0.351 e. The Hall–Kier alpha value is -2.37. The molecule has 1 aromatic heterocycles. The number of anilines is 1. The number of methoxy groups -OCH3 is 1. The first-order valence-electron chi connectivity index (χ1n) is 12.4. The number of hydrogen-bond acceptors (Lipinski definition) is 7. The molecule has 0 aliphatic carbocycles. The van der Waals surface area contributed by atoms with E-state index in [9.17, 15) is 9.59 Å². The third kappa shape index (κ3) is 4.68. The predicted molar refractivity (Wildman–Crippen MR) is 139 cm³/mol. The van der Waals surface area contributed by atoms with E-state index in [1.165, 1.54) is 4.57 Å². The molecule has 5 atom stereocenters. The number of amides is 1. The van der Waals surface area contributed by atoms with Gasteiger partial charge in [-0.15, -0.1) is 0 Å². The van der Waals surface area contributed by atoms with Gasteiger partial charge >= 0.3 is 5.69 Å². The molecule has 196 valence electrons. The summed E-state index contributed by atoms with van der Waals surface area (Å²) in [5, 5.41) is 2.67. The molecular formula is C26H37N3O6Si. The Kier molecular flexibility index (Phi) is 7.28. The minimum absolute atomic E-state index is 0.00673.